The van der Waals surface area contributed by atoms with Crippen molar-refractivity contribution in [1.82, 2.24) is 24.7 Å². The number of nitrogens with zero attached hydrogens (tertiary/aromatic N) is 5. The Hall–Kier alpha value is -2.76. The Kier molecular flexibility index (Phi) is 5.85. The average molecular weight is 342 g/mol. The summed E-state index contributed by atoms with van der Waals surface area (Å²) in [5.74, 6) is 0.556. The van der Waals surface area contributed by atoms with Gasteiger partial charge in [-0.05, 0) is 24.8 Å². The van der Waals surface area contributed by atoms with Gasteiger partial charge in [0.2, 0.25) is 0 Å². The van der Waals surface area contributed by atoms with Crippen LogP contribution in [0, 0.1) is 17.2 Å². The van der Waals surface area contributed by atoms with E-state index in [2.05, 4.69) is 26.1 Å². The lowest BCUT2D eigenvalue weighted by Gasteiger charge is -2.21. The zero-order valence-corrected chi connectivity index (χ0v) is 13.8. The molecule has 0 aliphatic heterocycles. The maximum absolute atomic E-state index is 9.18. The van der Waals surface area contributed by atoms with Crippen molar-refractivity contribution in [2.24, 2.45) is 5.92 Å². The first kappa shape index (κ1) is 18.6. The minimum Gasteiger partial charge on any atom is -0.412 e. The molecule has 25 heavy (non-hydrogen) atoms. The highest BCUT2D eigenvalue weighted by molar-refractivity contribution is 5.89. The molecule has 0 bridgehead atoms. The second-order valence-electron chi connectivity index (χ2n) is 6.15. The van der Waals surface area contributed by atoms with E-state index in [1.807, 2.05) is 29.3 Å². The summed E-state index contributed by atoms with van der Waals surface area (Å²) in [5, 5.41) is 14.7. The van der Waals surface area contributed by atoms with Crippen molar-refractivity contribution in [1.29, 1.82) is 5.26 Å². The second-order valence-corrected chi connectivity index (χ2v) is 6.15. The summed E-state index contributed by atoms with van der Waals surface area (Å²) < 4.78 is 1.97. The van der Waals surface area contributed by atoms with E-state index in [-0.39, 0.29) is 17.0 Å². The number of hydrogen-bond acceptors (Lipinski definition) is 4. The van der Waals surface area contributed by atoms with Crippen LogP contribution in [-0.2, 0) is 0 Å². The van der Waals surface area contributed by atoms with Gasteiger partial charge in [0, 0.05) is 23.3 Å². The van der Waals surface area contributed by atoms with Crippen LogP contribution in [-0.4, -0.2) is 35.7 Å². The molecule has 5 N–H and O–H groups in total. The fourth-order valence-electron chi connectivity index (χ4n) is 3.66. The Morgan fingerprint density at radius 2 is 2.08 bits per heavy atom. The molecule has 8 heteroatoms. The molecular formula is C17H22N6O2. The largest absolute Gasteiger partial charge is 0.412 e. The smallest absolute Gasteiger partial charge is 0.141 e. The molecule has 1 fully saturated rings. The Bertz CT molecular complexity index is 859. The number of aromatic nitrogens is 5. The SMILES string of the molecule is N#CC[C@H](C1CCCC1)n1cc(-c2ncnc3[nH]ccc23)cn1.O.O. The van der Waals surface area contributed by atoms with Crippen molar-refractivity contribution < 1.29 is 11.0 Å². The molecule has 0 aromatic carbocycles. The molecule has 0 radical (unpaired) electrons. The highest BCUT2D eigenvalue weighted by atomic mass is 16.0. The first-order valence-electron chi connectivity index (χ1n) is 8.06. The van der Waals surface area contributed by atoms with E-state index in [1.165, 1.54) is 25.7 Å². The maximum Gasteiger partial charge on any atom is 0.141 e. The van der Waals surface area contributed by atoms with Gasteiger partial charge in [-0.25, -0.2) is 9.97 Å². The predicted octanol–water partition coefficient (Wildman–Crippen LogP) is 1.82. The molecule has 0 saturated heterocycles. The van der Waals surface area contributed by atoms with Crippen LogP contribution in [0.2, 0.25) is 0 Å². The average Bonchev–Trinajstić information content (AvgIpc) is 3.32. The third-order valence-corrected chi connectivity index (χ3v) is 4.81. The van der Waals surface area contributed by atoms with Crippen LogP contribution in [0.5, 0.6) is 0 Å². The lowest BCUT2D eigenvalue weighted by Crippen LogP contribution is -2.17. The van der Waals surface area contributed by atoms with Crippen LogP contribution < -0.4 is 0 Å². The molecule has 1 atom stereocenters. The van der Waals surface area contributed by atoms with E-state index in [0.717, 1.165) is 22.3 Å². The predicted molar refractivity (Wildman–Crippen MR) is 93.6 cm³/mol. The lowest BCUT2D eigenvalue weighted by molar-refractivity contribution is 0.315. The van der Waals surface area contributed by atoms with Crippen LogP contribution in [0.25, 0.3) is 22.3 Å². The van der Waals surface area contributed by atoms with Gasteiger partial charge in [0.05, 0.1) is 30.4 Å². The van der Waals surface area contributed by atoms with E-state index in [0.29, 0.717) is 12.3 Å². The number of fused-ring (bicyclic) bond motifs is 1. The first-order valence-corrected chi connectivity index (χ1v) is 8.06. The monoisotopic (exact) mass is 342 g/mol. The minimum atomic E-state index is 0. The third-order valence-electron chi connectivity index (χ3n) is 4.81. The minimum absolute atomic E-state index is 0. The Balaban J connectivity index is 0.00000113. The van der Waals surface area contributed by atoms with Crippen molar-refractivity contribution in [3.63, 3.8) is 0 Å². The number of rotatable bonds is 4. The summed E-state index contributed by atoms with van der Waals surface area (Å²) in [5.41, 5.74) is 2.68. The Morgan fingerprint density at radius 1 is 1.28 bits per heavy atom. The molecule has 8 nitrogen and oxygen atoms in total. The summed E-state index contributed by atoms with van der Waals surface area (Å²) in [6.45, 7) is 0. The van der Waals surface area contributed by atoms with Gasteiger partial charge in [-0.2, -0.15) is 10.4 Å². The van der Waals surface area contributed by atoms with Crippen LogP contribution in [0.1, 0.15) is 38.1 Å². The molecule has 4 rings (SSSR count). The van der Waals surface area contributed by atoms with E-state index in [1.54, 1.807) is 6.33 Å². The zero-order valence-electron chi connectivity index (χ0n) is 13.8. The molecule has 0 spiro atoms. The van der Waals surface area contributed by atoms with Crippen molar-refractivity contribution in [2.45, 2.75) is 38.1 Å². The molecule has 3 heterocycles. The molecule has 0 amide bonds. The summed E-state index contributed by atoms with van der Waals surface area (Å²) in [6.07, 6.45) is 12.7. The van der Waals surface area contributed by atoms with Crippen molar-refractivity contribution in [3.8, 4) is 17.3 Å². The summed E-state index contributed by atoms with van der Waals surface area (Å²) in [6, 6.07) is 4.47. The topological polar surface area (TPSA) is 146 Å². The number of hydrogen-bond donors (Lipinski definition) is 1. The van der Waals surface area contributed by atoms with Crippen LogP contribution in [0.3, 0.4) is 0 Å². The van der Waals surface area contributed by atoms with Crippen molar-refractivity contribution >= 4 is 11.0 Å². The molecule has 3 aromatic rings. The molecule has 3 aromatic heterocycles. The molecule has 0 unspecified atom stereocenters. The van der Waals surface area contributed by atoms with Crippen LogP contribution in [0.15, 0.2) is 31.0 Å². The number of nitrogens with one attached hydrogen (secondary N) is 1. The molecule has 1 aliphatic rings. The third kappa shape index (κ3) is 3.38. The first-order chi connectivity index (χ1) is 11.4. The van der Waals surface area contributed by atoms with Crippen LogP contribution >= 0.6 is 0 Å². The molecule has 132 valence electrons. The van der Waals surface area contributed by atoms with Gasteiger partial charge in [-0.15, -0.1) is 0 Å². The molecule has 1 saturated carbocycles. The summed E-state index contributed by atoms with van der Waals surface area (Å²) in [4.78, 5) is 11.7. The fraction of sp³-hybridized carbons (Fsp3) is 0.412. The normalized spacial score (nSPS) is 15.3. The van der Waals surface area contributed by atoms with Crippen molar-refractivity contribution in [2.75, 3.05) is 0 Å². The quantitative estimate of drug-likeness (QED) is 0.770. The summed E-state index contributed by atoms with van der Waals surface area (Å²) >= 11 is 0. The standard InChI is InChI=1S/C17H18N6.2H2O/c18-7-5-15(12-3-1-2-4-12)23-10-13(9-22-23)16-14-6-8-19-17(14)21-11-20-16;;/h6,8-12,15H,1-5H2,(H,19,20,21);2*1H2/t15-;;/m1../s1. The van der Waals surface area contributed by atoms with Gasteiger partial charge in [0.25, 0.3) is 0 Å². The maximum atomic E-state index is 9.18. The van der Waals surface area contributed by atoms with Gasteiger partial charge in [0.1, 0.15) is 12.0 Å². The van der Waals surface area contributed by atoms with Crippen LogP contribution in [0.4, 0.5) is 0 Å². The van der Waals surface area contributed by atoms with E-state index >= 15 is 0 Å². The van der Waals surface area contributed by atoms with Gasteiger partial charge in [0.15, 0.2) is 0 Å². The van der Waals surface area contributed by atoms with Crippen molar-refractivity contribution in [3.05, 3.63) is 31.0 Å². The van der Waals surface area contributed by atoms with Gasteiger partial charge in [-0.1, -0.05) is 12.8 Å². The Labute approximate surface area is 145 Å². The number of aromatic amines is 1. The van der Waals surface area contributed by atoms with E-state index in [9.17, 15) is 5.26 Å². The van der Waals surface area contributed by atoms with Gasteiger partial charge in [-0.3, -0.25) is 4.68 Å². The second kappa shape index (κ2) is 7.88. The van der Waals surface area contributed by atoms with E-state index in [4.69, 9.17) is 0 Å². The fourth-order valence-corrected chi connectivity index (χ4v) is 3.66. The lowest BCUT2D eigenvalue weighted by atomic mass is 9.96. The highest BCUT2D eigenvalue weighted by Crippen LogP contribution is 2.36. The van der Waals surface area contributed by atoms with Gasteiger partial charge < -0.3 is 15.9 Å². The van der Waals surface area contributed by atoms with E-state index < -0.39 is 0 Å². The molecular weight excluding hydrogens is 320 g/mol. The summed E-state index contributed by atoms with van der Waals surface area (Å²) in [7, 11) is 0. The Morgan fingerprint density at radius 3 is 2.84 bits per heavy atom. The van der Waals surface area contributed by atoms with Gasteiger partial charge >= 0.3 is 0 Å². The molecule has 1 aliphatic carbocycles. The zero-order chi connectivity index (χ0) is 15.6. The highest BCUT2D eigenvalue weighted by Gasteiger charge is 2.27. The number of nitriles is 1. The number of H-pyrrole nitrogens is 1.